The number of rotatable bonds is 3. The summed E-state index contributed by atoms with van der Waals surface area (Å²) in [6, 6.07) is 4.18. The number of nitrogen functional groups attached to an aromatic ring is 1. The lowest BCUT2D eigenvalue weighted by atomic mass is 10.2. The molecule has 18 heavy (non-hydrogen) atoms. The van der Waals surface area contributed by atoms with Gasteiger partial charge in [0.15, 0.2) is 5.82 Å². The lowest BCUT2D eigenvalue weighted by molar-refractivity contribution is 0.626. The molecule has 0 spiro atoms. The molecule has 1 heterocycles. The highest BCUT2D eigenvalue weighted by Gasteiger charge is 2.03. The van der Waals surface area contributed by atoms with Gasteiger partial charge < -0.3 is 5.84 Å². The van der Waals surface area contributed by atoms with E-state index in [1.54, 1.807) is 6.92 Å². The van der Waals surface area contributed by atoms with E-state index in [9.17, 15) is 4.39 Å². The van der Waals surface area contributed by atoms with E-state index in [4.69, 9.17) is 17.4 Å². The van der Waals surface area contributed by atoms with E-state index >= 15 is 0 Å². The Balaban J connectivity index is 2.12. The first kappa shape index (κ1) is 12.3. The lowest BCUT2D eigenvalue weighted by Gasteiger charge is -2.00. The highest BCUT2D eigenvalue weighted by Crippen LogP contribution is 2.13. The van der Waals surface area contributed by atoms with Gasteiger partial charge in [-0.1, -0.05) is 11.6 Å². The molecule has 0 unspecified atom stereocenters. The van der Waals surface area contributed by atoms with Crippen LogP contribution < -0.4 is 11.3 Å². The van der Waals surface area contributed by atoms with Crippen LogP contribution in [-0.4, -0.2) is 21.1 Å². The minimum Gasteiger partial charge on any atom is -0.335 e. The molecular formula is C10H10ClFN6. The van der Waals surface area contributed by atoms with Crippen LogP contribution in [0.1, 0.15) is 11.4 Å². The van der Waals surface area contributed by atoms with Crippen molar-refractivity contribution in [3.8, 4) is 0 Å². The van der Waals surface area contributed by atoms with Gasteiger partial charge >= 0.3 is 0 Å². The van der Waals surface area contributed by atoms with Crippen molar-refractivity contribution in [3.63, 3.8) is 0 Å². The minimum atomic E-state index is -0.421. The fourth-order valence-electron chi connectivity index (χ4n) is 1.22. The molecule has 8 heteroatoms. The molecule has 0 radical (unpaired) electrons. The summed E-state index contributed by atoms with van der Waals surface area (Å²) in [5, 5.41) is 11.7. The van der Waals surface area contributed by atoms with Gasteiger partial charge in [-0.15, -0.1) is 10.2 Å². The molecule has 0 saturated carbocycles. The zero-order valence-corrected chi connectivity index (χ0v) is 10.2. The van der Waals surface area contributed by atoms with Crippen LogP contribution in [0.2, 0.25) is 5.02 Å². The summed E-state index contributed by atoms with van der Waals surface area (Å²) in [6.45, 7) is 1.69. The molecule has 6 nitrogen and oxygen atoms in total. The van der Waals surface area contributed by atoms with Gasteiger partial charge in [-0.3, -0.25) is 0 Å². The summed E-state index contributed by atoms with van der Waals surface area (Å²) in [7, 11) is 0. The Morgan fingerprint density at radius 3 is 2.94 bits per heavy atom. The van der Waals surface area contributed by atoms with Crippen LogP contribution in [0.25, 0.3) is 0 Å². The normalized spacial score (nSPS) is 11.1. The van der Waals surface area contributed by atoms with Crippen molar-refractivity contribution in [2.75, 3.05) is 11.3 Å². The fraction of sp³-hybridized carbons (Fsp3) is 0.100. The Morgan fingerprint density at radius 1 is 1.50 bits per heavy atom. The molecule has 0 bridgehead atoms. The molecule has 0 fully saturated rings. The third-order valence-corrected chi connectivity index (χ3v) is 2.43. The van der Waals surface area contributed by atoms with Gasteiger partial charge in [-0.2, -0.15) is 5.10 Å². The highest BCUT2D eigenvalue weighted by atomic mass is 35.5. The first-order valence-electron chi connectivity index (χ1n) is 4.99. The average Bonchev–Trinajstić information content (AvgIpc) is 2.65. The Kier molecular flexibility index (Phi) is 3.42. The number of hydrogen-bond donors (Lipinski definition) is 2. The molecule has 1 aromatic carbocycles. The molecule has 2 rings (SSSR count). The van der Waals surface area contributed by atoms with E-state index in [2.05, 4.69) is 20.7 Å². The second-order valence-corrected chi connectivity index (χ2v) is 3.91. The van der Waals surface area contributed by atoms with Gasteiger partial charge in [0.25, 0.3) is 5.95 Å². The molecule has 0 aliphatic heterocycles. The predicted octanol–water partition coefficient (Wildman–Crippen LogP) is 1.54. The molecule has 3 N–H and O–H groups in total. The van der Waals surface area contributed by atoms with Gasteiger partial charge in [-0.05, 0) is 25.1 Å². The van der Waals surface area contributed by atoms with Crippen molar-refractivity contribution in [2.24, 2.45) is 5.10 Å². The second kappa shape index (κ2) is 5.01. The van der Waals surface area contributed by atoms with E-state index in [0.717, 1.165) is 0 Å². The van der Waals surface area contributed by atoms with Crippen LogP contribution >= 0.6 is 11.6 Å². The number of nitrogens with two attached hydrogens (primary N) is 1. The second-order valence-electron chi connectivity index (χ2n) is 3.48. The van der Waals surface area contributed by atoms with Crippen LogP contribution in [0.5, 0.6) is 0 Å². The van der Waals surface area contributed by atoms with E-state index in [-0.39, 0.29) is 11.5 Å². The Labute approximate surface area is 107 Å². The van der Waals surface area contributed by atoms with E-state index in [1.807, 2.05) is 0 Å². The number of hydrogen-bond acceptors (Lipinski definition) is 5. The van der Waals surface area contributed by atoms with Crippen molar-refractivity contribution in [2.45, 2.75) is 6.92 Å². The van der Waals surface area contributed by atoms with Crippen LogP contribution in [0.3, 0.4) is 0 Å². The van der Waals surface area contributed by atoms with Gasteiger partial charge in [-0.25, -0.2) is 14.5 Å². The van der Waals surface area contributed by atoms with Crippen LogP contribution in [0.4, 0.5) is 10.3 Å². The van der Waals surface area contributed by atoms with Crippen molar-refractivity contribution in [3.05, 3.63) is 40.4 Å². The van der Waals surface area contributed by atoms with E-state index < -0.39 is 5.82 Å². The van der Waals surface area contributed by atoms with Gasteiger partial charge in [0.05, 0.1) is 6.21 Å². The van der Waals surface area contributed by atoms with E-state index in [1.165, 1.54) is 29.1 Å². The van der Waals surface area contributed by atoms with Crippen LogP contribution in [0.15, 0.2) is 23.3 Å². The minimum absolute atomic E-state index is 0.256. The topological polar surface area (TPSA) is 81.1 Å². The first-order valence-corrected chi connectivity index (χ1v) is 5.37. The fourth-order valence-corrected chi connectivity index (χ4v) is 1.40. The molecule has 1 aromatic heterocycles. The van der Waals surface area contributed by atoms with Gasteiger partial charge in [0.2, 0.25) is 0 Å². The average molecular weight is 269 g/mol. The van der Waals surface area contributed by atoms with Crippen LogP contribution in [0, 0.1) is 12.7 Å². The maximum absolute atomic E-state index is 13.3. The van der Waals surface area contributed by atoms with E-state index in [0.29, 0.717) is 10.8 Å². The number of hydrazone groups is 1. The summed E-state index contributed by atoms with van der Waals surface area (Å²) in [5.41, 5.74) is 2.81. The molecular weight excluding hydrogens is 259 g/mol. The third kappa shape index (κ3) is 2.57. The molecule has 0 saturated heterocycles. The van der Waals surface area contributed by atoms with Crippen molar-refractivity contribution in [1.82, 2.24) is 14.9 Å². The maximum atomic E-state index is 13.3. The number of benzene rings is 1. The highest BCUT2D eigenvalue weighted by molar-refractivity contribution is 6.30. The molecule has 0 aliphatic carbocycles. The summed E-state index contributed by atoms with van der Waals surface area (Å²) in [6.07, 6.45) is 1.28. The summed E-state index contributed by atoms with van der Waals surface area (Å²) >= 11 is 5.75. The lowest BCUT2D eigenvalue weighted by Crippen LogP contribution is -2.13. The number of aryl methyl sites for hydroxylation is 1. The number of nitrogens with zero attached hydrogens (tertiary/aromatic N) is 4. The Morgan fingerprint density at radius 2 is 2.28 bits per heavy atom. The summed E-state index contributed by atoms with van der Waals surface area (Å²) in [4.78, 5) is 0. The largest absolute Gasteiger partial charge is 0.335 e. The molecule has 0 atom stereocenters. The third-order valence-electron chi connectivity index (χ3n) is 2.19. The molecule has 94 valence electrons. The smallest absolute Gasteiger partial charge is 0.263 e. The Hall–Kier alpha value is -2.15. The standard InChI is InChI=1S/C10H10ClFN6/c1-6-15-17-10(18(6)13)16-14-5-7-4-8(11)2-3-9(7)12/h2-5H,13H2,1H3,(H,16,17)/b14-5-. The quantitative estimate of drug-likeness (QED) is 0.503. The monoisotopic (exact) mass is 268 g/mol. The number of halogens is 2. The molecule has 0 aliphatic rings. The maximum Gasteiger partial charge on any atom is 0.263 e. The molecule has 2 aromatic rings. The first-order chi connectivity index (χ1) is 8.58. The zero-order chi connectivity index (χ0) is 13.1. The number of nitrogens with one attached hydrogen (secondary N) is 1. The number of aromatic nitrogens is 3. The van der Waals surface area contributed by atoms with Gasteiger partial charge in [0.1, 0.15) is 5.82 Å². The van der Waals surface area contributed by atoms with Crippen molar-refractivity contribution >= 4 is 23.8 Å². The van der Waals surface area contributed by atoms with Crippen molar-refractivity contribution < 1.29 is 4.39 Å². The van der Waals surface area contributed by atoms with Crippen molar-refractivity contribution in [1.29, 1.82) is 0 Å². The summed E-state index contributed by atoms with van der Waals surface area (Å²) in [5.74, 6) is 5.96. The Bertz CT molecular complexity index is 594. The predicted molar refractivity (Wildman–Crippen MR) is 67.5 cm³/mol. The number of anilines is 1. The van der Waals surface area contributed by atoms with Gasteiger partial charge in [0, 0.05) is 10.6 Å². The molecule has 0 amide bonds. The SMILES string of the molecule is Cc1nnc(N/N=C\c2cc(Cl)ccc2F)n1N. The zero-order valence-electron chi connectivity index (χ0n) is 9.43. The van der Waals surface area contributed by atoms with Crippen LogP contribution in [-0.2, 0) is 0 Å². The summed E-state index contributed by atoms with van der Waals surface area (Å²) < 4.78 is 14.6.